The second kappa shape index (κ2) is 8.35. The van der Waals surface area contributed by atoms with Crippen LogP contribution >= 0.6 is 23.2 Å². The van der Waals surface area contributed by atoms with Crippen molar-refractivity contribution in [3.63, 3.8) is 0 Å². The van der Waals surface area contributed by atoms with Crippen molar-refractivity contribution in [2.75, 3.05) is 18.4 Å². The van der Waals surface area contributed by atoms with Crippen LogP contribution in [0.5, 0.6) is 0 Å². The standard InChI is InChI=1S/C13H18Cl2N2O/c1-2-3-4-8-16-9-12(18)17-13-10(14)6-5-7-11(13)15/h5-7,16H,2-4,8-9H2,1H3,(H,17,18). The van der Waals surface area contributed by atoms with E-state index in [1.54, 1.807) is 18.2 Å². The monoisotopic (exact) mass is 288 g/mol. The van der Waals surface area contributed by atoms with Crippen LogP contribution in [0.25, 0.3) is 0 Å². The minimum Gasteiger partial charge on any atom is -0.322 e. The fourth-order valence-electron chi connectivity index (χ4n) is 1.50. The van der Waals surface area contributed by atoms with Crippen molar-refractivity contribution in [3.8, 4) is 0 Å². The lowest BCUT2D eigenvalue weighted by molar-refractivity contribution is -0.115. The first-order valence-corrected chi connectivity index (χ1v) is 6.85. The summed E-state index contributed by atoms with van der Waals surface area (Å²) >= 11 is 11.9. The van der Waals surface area contributed by atoms with Gasteiger partial charge in [0.1, 0.15) is 0 Å². The minimum atomic E-state index is -0.138. The van der Waals surface area contributed by atoms with Gasteiger partial charge in [0.25, 0.3) is 0 Å². The molecule has 0 unspecified atom stereocenters. The fourth-order valence-corrected chi connectivity index (χ4v) is 1.99. The number of amides is 1. The van der Waals surface area contributed by atoms with Crippen molar-refractivity contribution < 1.29 is 4.79 Å². The molecule has 3 nitrogen and oxygen atoms in total. The number of carbonyl (C=O) groups is 1. The van der Waals surface area contributed by atoms with Gasteiger partial charge in [-0.05, 0) is 25.1 Å². The van der Waals surface area contributed by atoms with Gasteiger partial charge in [0.2, 0.25) is 5.91 Å². The summed E-state index contributed by atoms with van der Waals surface area (Å²) in [7, 11) is 0. The highest BCUT2D eigenvalue weighted by Crippen LogP contribution is 2.29. The Balaban J connectivity index is 2.36. The van der Waals surface area contributed by atoms with Crippen LogP contribution in [0.4, 0.5) is 5.69 Å². The van der Waals surface area contributed by atoms with Crippen LogP contribution in [0.1, 0.15) is 26.2 Å². The number of hydrogen-bond donors (Lipinski definition) is 2. The van der Waals surface area contributed by atoms with Crippen LogP contribution in [0, 0.1) is 0 Å². The molecule has 0 aliphatic rings. The van der Waals surface area contributed by atoms with Gasteiger partial charge in [0.05, 0.1) is 22.3 Å². The van der Waals surface area contributed by atoms with Crippen LogP contribution in [-0.4, -0.2) is 19.0 Å². The van der Waals surface area contributed by atoms with E-state index in [1.165, 1.54) is 12.8 Å². The van der Waals surface area contributed by atoms with Crippen LogP contribution in [0.2, 0.25) is 10.0 Å². The average molecular weight is 289 g/mol. The van der Waals surface area contributed by atoms with Crippen LogP contribution in [0.15, 0.2) is 18.2 Å². The van der Waals surface area contributed by atoms with Gasteiger partial charge in [-0.3, -0.25) is 4.79 Å². The van der Waals surface area contributed by atoms with Gasteiger partial charge in [-0.1, -0.05) is 49.0 Å². The van der Waals surface area contributed by atoms with E-state index in [2.05, 4.69) is 17.6 Å². The van der Waals surface area contributed by atoms with E-state index in [1.807, 2.05) is 0 Å². The Morgan fingerprint density at radius 3 is 2.50 bits per heavy atom. The minimum absolute atomic E-state index is 0.138. The second-order valence-electron chi connectivity index (χ2n) is 4.03. The van der Waals surface area contributed by atoms with Gasteiger partial charge >= 0.3 is 0 Å². The summed E-state index contributed by atoms with van der Waals surface area (Å²) in [6.07, 6.45) is 3.42. The van der Waals surface area contributed by atoms with Crippen molar-refractivity contribution in [2.24, 2.45) is 0 Å². The zero-order valence-corrected chi connectivity index (χ0v) is 11.9. The average Bonchev–Trinajstić information content (AvgIpc) is 2.34. The Morgan fingerprint density at radius 1 is 1.22 bits per heavy atom. The SMILES string of the molecule is CCCCCNCC(=O)Nc1c(Cl)cccc1Cl. The Morgan fingerprint density at radius 2 is 1.89 bits per heavy atom. The van der Waals surface area contributed by atoms with Crippen LogP contribution in [-0.2, 0) is 4.79 Å². The molecular formula is C13H18Cl2N2O. The highest BCUT2D eigenvalue weighted by molar-refractivity contribution is 6.39. The Bertz CT molecular complexity index is 376. The highest BCUT2D eigenvalue weighted by atomic mass is 35.5. The largest absolute Gasteiger partial charge is 0.322 e. The topological polar surface area (TPSA) is 41.1 Å². The molecule has 1 rings (SSSR count). The number of benzene rings is 1. The number of anilines is 1. The summed E-state index contributed by atoms with van der Waals surface area (Å²) in [6, 6.07) is 5.12. The lowest BCUT2D eigenvalue weighted by Crippen LogP contribution is -2.28. The van der Waals surface area contributed by atoms with Gasteiger partial charge in [0.15, 0.2) is 0 Å². The van der Waals surface area contributed by atoms with E-state index in [0.717, 1.165) is 13.0 Å². The summed E-state index contributed by atoms with van der Waals surface area (Å²) in [5.74, 6) is -0.138. The van der Waals surface area contributed by atoms with E-state index in [-0.39, 0.29) is 12.5 Å². The van der Waals surface area contributed by atoms with Gasteiger partial charge in [-0.2, -0.15) is 0 Å². The summed E-state index contributed by atoms with van der Waals surface area (Å²) in [6.45, 7) is 3.26. The first kappa shape index (κ1) is 15.3. The summed E-state index contributed by atoms with van der Waals surface area (Å²) in [5, 5.41) is 6.68. The number of hydrogen-bond acceptors (Lipinski definition) is 2. The molecule has 0 bridgehead atoms. The van der Waals surface area contributed by atoms with Gasteiger partial charge in [-0.25, -0.2) is 0 Å². The molecule has 1 amide bonds. The summed E-state index contributed by atoms with van der Waals surface area (Å²) < 4.78 is 0. The molecule has 0 saturated carbocycles. The molecule has 0 aromatic heterocycles. The molecule has 1 aromatic carbocycles. The van der Waals surface area contributed by atoms with Gasteiger partial charge in [0, 0.05) is 0 Å². The number of unbranched alkanes of at least 4 members (excludes halogenated alkanes) is 2. The third-order valence-electron chi connectivity index (χ3n) is 2.47. The molecule has 0 atom stereocenters. The predicted molar refractivity (Wildman–Crippen MR) is 77.5 cm³/mol. The van der Waals surface area contributed by atoms with E-state index in [0.29, 0.717) is 15.7 Å². The number of halogens is 2. The third-order valence-corrected chi connectivity index (χ3v) is 3.10. The maximum atomic E-state index is 11.7. The lowest BCUT2D eigenvalue weighted by atomic mass is 10.2. The third kappa shape index (κ3) is 5.25. The summed E-state index contributed by atoms with van der Waals surface area (Å²) in [4.78, 5) is 11.7. The van der Waals surface area contributed by atoms with Crippen molar-refractivity contribution in [1.82, 2.24) is 5.32 Å². The maximum Gasteiger partial charge on any atom is 0.238 e. The fraction of sp³-hybridized carbons (Fsp3) is 0.462. The Labute approximate surface area is 118 Å². The van der Waals surface area contributed by atoms with Crippen molar-refractivity contribution in [2.45, 2.75) is 26.2 Å². The first-order chi connectivity index (χ1) is 8.65. The molecule has 0 fully saturated rings. The second-order valence-corrected chi connectivity index (χ2v) is 4.84. The Kier molecular flexibility index (Phi) is 7.09. The molecule has 2 N–H and O–H groups in total. The maximum absolute atomic E-state index is 11.7. The molecule has 0 aliphatic carbocycles. The molecule has 0 aliphatic heterocycles. The zero-order valence-electron chi connectivity index (χ0n) is 10.4. The zero-order chi connectivity index (χ0) is 13.4. The first-order valence-electron chi connectivity index (χ1n) is 6.09. The van der Waals surface area contributed by atoms with E-state index >= 15 is 0 Å². The normalized spacial score (nSPS) is 10.4. The van der Waals surface area contributed by atoms with Gasteiger partial charge < -0.3 is 10.6 Å². The number of carbonyl (C=O) groups excluding carboxylic acids is 1. The number of rotatable bonds is 7. The van der Waals surface area contributed by atoms with Crippen molar-refractivity contribution in [1.29, 1.82) is 0 Å². The van der Waals surface area contributed by atoms with E-state index in [9.17, 15) is 4.79 Å². The van der Waals surface area contributed by atoms with E-state index < -0.39 is 0 Å². The highest BCUT2D eigenvalue weighted by Gasteiger charge is 2.08. The molecule has 5 heteroatoms. The van der Waals surface area contributed by atoms with Crippen molar-refractivity contribution >= 4 is 34.8 Å². The Hall–Kier alpha value is -0.770. The number of para-hydroxylation sites is 1. The quantitative estimate of drug-likeness (QED) is 0.751. The summed E-state index contributed by atoms with van der Waals surface area (Å²) in [5.41, 5.74) is 0.473. The lowest BCUT2D eigenvalue weighted by Gasteiger charge is -2.09. The molecule has 0 radical (unpaired) electrons. The van der Waals surface area contributed by atoms with Crippen molar-refractivity contribution in [3.05, 3.63) is 28.2 Å². The molecule has 1 aromatic rings. The smallest absolute Gasteiger partial charge is 0.238 e. The molecule has 0 saturated heterocycles. The molecule has 18 heavy (non-hydrogen) atoms. The van der Waals surface area contributed by atoms with Crippen LogP contribution in [0.3, 0.4) is 0 Å². The van der Waals surface area contributed by atoms with E-state index in [4.69, 9.17) is 23.2 Å². The molecular weight excluding hydrogens is 271 g/mol. The molecule has 0 spiro atoms. The predicted octanol–water partition coefficient (Wildman–Crippen LogP) is 3.71. The number of nitrogens with one attached hydrogen (secondary N) is 2. The van der Waals surface area contributed by atoms with Gasteiger partial charge in [-0.15, -0.1) is 0 Å². The molecule has 100 valence electrons. The van der Waals surface area contributed by atoms with Crippen LogP contribution < -0.4 is 10.6 Å². The molecule has 0 heterocycles.